The summed E-state index contributed by atoms with van der Waals surface area (Å²) >= 11 is 0. The highest BCUT2D eigenvalue weighted by Gasteiger charge is 2.41. The molecular weight excluding hydrogens is 301 g/mol. The molecule has 0 saturated heterocycles. The molecule has 2 N–H and O–H groups in total. The van der Waals surface area contributed by atoms with E-state index in [0.29, 0.717) is 10.2 Å². The number of nitrogen functional groups attached to an aromatic ring is 1. The number of anilines is 1. The summed E-state index contributed by atoms with van der Waals surface area (Å²) in [6.07, 6.45) is -2.69. The molecule has 0 aliphatic carbocycles. The van der Waals surface area contributed by atoms with E-state index < -0.39 is 23.4 Å². The molecule has 0 saturated carbocycles. The summed E-state index contributed by atoms with van der Waals surface area (Å²) in [5, 5.41) is 3.67. The normalized spacial score (nSPS) is 11.5. The van der Waals surface area contributed by atoms with Crippen LogP contribution < -0.4 is 5.73 Å². The molecule has 2 aromatic rings. The highest BCUT2D eigenvalue weighted by Crippen LogP contribution is 2.34. The summed E-state index contributed by atoms with van der Waals surface area (Å²) in [6, 6.07) is 1.34. The lowest BCUT2D eigenvalue weighted by atomic mass is 10.2. The number of alkyl halides is 3. The van der Waals surface area contributed by atoms with E-state index in [9.17, 15) is 18.0 Å². The van der Waals surface area contributed by atoms with Crippen molar-refractivity contribution in [3.63, 3.8) is 0 Å². The summed E-state index contributed by atoms with van der Waals surface area (Å²) in [5.74, 6) is -1.00. The Morgan fingerprint density at radius 1 is 1.45 bits per heavy atom. The molecule has 118 valence electrons. The lowest BCUT2D eigenvalue weighted by molar-refractivity contribution is -0.143. The first-order valence-corrected chi connectivity index (χ1v) is 6.31. The van der Waals surface area contributed by atoms with Gasteiger partial charge >= 0.3 is 12.1 Å². The summed E-state index contributed by atoms with van der Waals surface area (Å²) in [4.78, 5) is 15.5. The monoisotopic (exact) mass is 314 g/mol. The van der Waals surface area contributed by atoms with Crippen LogP contribution in [0.3, 0.4) is 0 Å². The average molecular weight is 314 g/mol. The highest BCUT2D eigenvalue weighted by molar-refractivity contribution is 5.90. The minimum Gasteiger partial charge on any atom is -0.462 e. The fourth-order valence-corrected chi connectivity index (χ4v) is 1.93. The number of nitrogens with two attached hydrogens (primary N) is 1. The van der Waals surface area contributed by atoms with Crippen molar-refractivity contribution >= 4 is 11.8 Å². The molecule has 0 unspecified atom stereocenters. The van der Waals surface area contributed by atoms with Crippen LogP contribution in [0.15, 0.2) is 18.5 Å². The van der Waals surface area contributed by atoms with Gasteiger partial charge in [0.1, 0.15) is 11.4 Å². The van der Waals surface area contributed by atoms with E-state index in [4.69, 9.17) is 5.73 Å². The first kappa shape index (κ1) is 15.8. The quantitative estimate of drug-likeness (QED) is 0.879. The van der Waals surface area contributed by atoms with E-state index >= 15 is 0 Å². The van der Waals surface area contributed by atoms with Crippen LogP contribution in [-0.4, -0.2) is 27.3 Å². The van der Waals surface area contributed by atoms with Gasteiger partial charge in [-0.1, -0.05) is 0 Å². The van der Waals surface area contributed by atoms with E-state index in [0.717, 1.165) is 6.20 Å². The third-order valence-corrected chi connectivity index (χ3v) is 2.98. The maximum atomic E-state index is 13.3. The van der Waals surface area contributed by atoms with E-state index in [1.165, 1.54) is 26.1 Å². The third-order valence-electron chi connectivity index (χ3n) is 2.98. The lowest BCUT2D eigenvalue weighted by Gasteiger charge is -2.14. The van der Waals surface area contributed by atoms with Gasteiger partial charge in [-0.25, -0.2) is 14.5 Å². The molecule has 6 nitrogen and oxygen atoms in total. The predicted octanol–water partition coefficient (Wildman–Crippen LogP) is 2.35. The SMILES string of the molecule is CCOC(=O)c1cnn(-c2ccnc(N)c2C)c1C(F)(F)F. The van der Waals surface area contributed by atoms with Gasteiger partial charge < -0.3 is 10.5 Å². The minimum atomic E-state index is -4.79. The number of pyridine rings is 1. The zero-order chi connectivity index (χ0) is 16.5. The standard InChI is InChI=1S/C13H13F3N4O2/c1-3-22-12(21)8-6-19-20(10(8)13(14,15)16)9-4-5-18-11(17)7(9)2/h4-6H,3H2,1-2H3,(H2,17,18). The van der Waals surface area contributed by atoms with Crippen molar-refractivity contribution in [2.75, 3.05) is 12.3 Å². The predicted molar refractivity (Wildman–Crippen MR) is 71.5 cm³/mol. The highest BCUT2D eigenvalue weighted by atomic mass is 19.4. The number of hydrogen-bond acceptors (Lipinski definition) is 5. The Kier molecular flexibility index (Phi) is 4.07. The number of ether oxygens (including phenoxy) is 1. The summed E-state index contributed by atoms with van der Waals surface area (Å²) < 4.78 is 45.3. The van der Waals surface area contributed by atoms with Crippen LogP contribution in [0, 0.1) is 6.92 Å². The van der Waals surface area contributed by atoms with Crippen molar-refractivity contribution in [2.24, 2.45) is 0 Å². The second-order valence-electron chi connectivity index (χ2n) is 4.38. The van der Waals surface area contributed by atoms with Gasteiger partial charge in [-0.3, -0.25) is 0 Å². The second kappa shape index (κ2) is 5.66. The smallest absolute Gasteiger partial charge is 0.434 e. The first-order chi connectivity index (χ1) is 10.3. The van der Waals surface area contributed by atoms with Crippen molar-refractivity contribution < 1.29 is 22.7 Å². The number of hydrogen-bond donors (Lipinski definition) is 1. The lowest BCUT2D eigenvalue weighted by Crippen LogP contribution is -2.19. The van der Waals surface area contributed by atoms with Crippen molar-refractivity contribution in [1.29, 1.82) is 0 Å². The van der Waals surface area contributed by atoms with Gasteiger partial charge in [0, 0.05) is 11.8 Å². The fraction of sp³-hybridized carbons (Fsp3) is 0.308. The van der Waals surface area contributed by atoms with Gasteiger partial charge in [0.2, 0.25) is 0 Å². The Balaban J connectivity index is 2.68. The van der Waals surface area contributed by atoms with Crippen LogP contribution in [0.2, 0.25) is 0 Å². The molecule has 0 atom stereocenters. The Morgan fingerprint density at radius 2 is 2.14 bits per heavy atom. The summed E-state index contributed by atoms with van der Waals surface area (Å²) in [5.41, 5.74) is 4.17. The zero-order valence-corrected chi connectivity index (χ0v) is 11.8. The van der Waals surface area contributed by atoms with Gasteiger partial charge in [0.15, 0.2) is 5.69 Å². The molecule has 0 aliphatic heterocycles. The molecule has 22 heavy (non-hydrogen) atoms. The molecule has 9 heteroatoms. The number of esters is 1. The van der Waals surface area contributed by atoms with Crippen molar-refractivity contribution in [3.05, 3.63) is 35.3 Å². The molecule has 0 amide bonds. The zero-order valence-electron chi connectivity index (χ0n) is 11.8. The van der Waals surface area contributed by atoms with Crippen LogP contribution in [0.1, 0.15) is 28.5 Å². The molecule has 0 aliphatic rings. The second-order valence-corrected chi connectivity index (χ2v) is 4.38. The number of nitrogens with zero attached hydrogens (tertiary/aromatic N) is 3. The van der Waals surface area contributed by atoms with E-state index in [1.54, 1.807) is 0 Å². The molecule has 2 aromatic heterocycles. The van der Waals surface area contributed by atoms with Crippen LogP contribution in [0.4, 0.5) is 19.0 Å². The Hall–Kier alpha value is -2.58. The van der Waals surface area contributed by atoms with Gasteiger partial charge in [-0.15, -0.1) is 0 Å². The molecule has 0 bridgehead atoms. The van der Waals surface area contributed by atoms with Gasteiger partial charge in [-0.05, 0) is 19.9 Å². The largest absolute Gasteiger partial charge is 0.462 e. The summed E-state index contributed by atoms with van der Waals surface area (Å²) in [7, 11) is 0. The van der Waals surface area contributed by atoms with Gasteiger partial charge in [0.25, 0.3) is 0 Å². The summed E-state index contributed by atoms with van der Waals surface area (Å²) in [6.45, 7) is 2.98. The van der Waals surface area contributed by atoms with Crippen molar-refractivity contribution in [2.45, 2.75) is 20.0 Å². The van der Waals surface area contributed by atoms with Crippen LogP contribution in [-0.2, 0) is 10.9 Å². The number of carbonyl (C=O) groups is 1. The van der Waals surface area contributed by atoms with Crippen LogP contribution in [0.5, 0.6) is 0 Å². The van der Waals surface area contributed by atoms with Gasteiger partial charge in [0.05, 0.1) is 18.5 Å². The molecule has 0 radical (unpaired) electrons. The Labute approximate surface area is 123 Å². The molecule has 0 aromatic carbocycles. The van der Waals surface area contributed by atoms with E-state index in [2.05, 4.69) is 14.8 Å². The first-order valence-electron chi connectivity index (χ1n) is 6.31. The molecule has 0 spiro atoms. The topological polar surface area (TPSA) is 83.0 Å². The Bertz CT molecular complexity index is 710. The number of carbonyl (C=O) groups excluding carboxylic acids is 1. The van der Waals surface area contributed by atoms with Crippen molar-refractivity contribution in [3.8, 4) is 5.69 Å². The fourth-order valence-electron chi connectivity index (χ4n) is 1.93. The molecule has 2 rings (SSSR count). The molecule has 0 fully saturated rings. The van der Waals surface area contributed by atoms with Gasteiger partial charge in [-0.2, -0.15) is 18.3 Å². The molecule has 2 heterocycles. The number of rotatable bonds is 3. The Morgan fingerprint density at radius 3 is 2.73 bits per heavy atom. The maximum Gasteiger partial charge on any atom is 0.434 e. The minimum absolute atomic E-state index is 0.0391. The number of aromatic nitrogens is 3. The van der Waals surface area contributed by atoms with E-state index in [1.807, 2.05) is 0 Å². The molecular formula is C13H13F3N4O2. The number of halogens is 3. The van der Waals surface area contributed by atoms with Crippen LogP contribution in [0.25, 0.3) is 5.69 Å². The van der Waals surface area contributed by atoms with E-state index in [-0.39, 0.29) is 18.1 Å². The third kappa shape index (κ3) is 2.74. The van der Waals surface area contributed by atoms with Crippen LogP contribution >= 0.6 is 0 Å². The average Bonchev–Trinajstić information content (AvgIpc) is 2.87. The maximum absolute atomic E-state index is 13.3. The van der Waals surface area contributed by atoms with Crippen molar-refractivity contribution in [1.82, 2.24) is 14.8 Å².